The molecule has 0 N–H and O–H groups in total. The molecule has 1 aromatic rings. The van der Waals surface area contributed by atoms with E-state index >= 15 is 0 Å². The number of ether oxygens (including phenoxy) is 2. The van der Waals surface area contributed by atoms with Gasteiger partial charge in [0.15, 0.2) is 6.10 Å². The second-order valence-corrected chi connectivity index (χ2v) is 3.28. The Morgan fingerprint density at radius 3 is 2.93 bits per heavy atom. The minimum absolute atomic E-state index is 0.0927. The van der Waals surface area contributed by atoms with Crippen LogP contribution in [-0.2, 0) is 14.3 Å². The number of rotatable bonds is 1. The summed E-state index contributed by atoms with van der Waals surface area (Å²) >= 11 is 0. The van der Waals surface area contributed by atoms with Gasteiger partial charge in [0.2, 0.25) is 0 Å². The van der Waals surface area contributed by atoms with Gasteiger partial charge in [-0.1, -0.05) is 18.2 Å². The molecular formula is C11H10O4. The number of cyclic esters (lactones) is 1. The molecular weight excluding hydrogens is 196 g/mol. The van der Waals surface area contributed by atoms with Crippen LogP contribution in [0.25, 0.3) is 0 Å². The van der Waals surface area contributed by atoms with E-state index < -0.39 is 6.10 Å². The lowest BCUT2D eigenvalue weighted by atomic mass is 10.0. The average molecular weight is 206 g/mol. The van der Waals surface area contributed by atoms with E-state index in [1.807, 2.05) is 0 Å². The summed E-state index contributed by atoms with van der Waals surface area (Å²) in [6.07, 6.45) is -0.476. The zero-order chi connectivity index (χ0) is 10.8. The summed E-state index contributed by atoms with van der Waals surface area (Å²) in [5, 5.41) is 0. The van der Waals surface area contributed by atoms with Crippen molar-refractivity contribution in [2.45, 2.75) is 13.0 Å². The van der Waals surface area contributed by atoms with Gasteiger partial charge in [0, 0.05) is 12.5 Å². The molecule has 4 heteroatoms. The molecule has 0 bridgehead atoms. The first-order valence-electron chi connectivity index (χ1n) is 4.62. The number of hydrogen-bond donors (Lipinski definition) is 0. The molecule has 0 amide bonds. The largest absolute Gasteiger partial charge is 0.458 e. The molecule has 78 valence electrons. The van der Waals surface area contributed by atoms with E-state index in [0.29, 0.717) is 11.1 Å². The van der Waals surface area contributed by atoms with Crippen LogP contribution in [0.4, 0.5) is 0 Å². The number of benzene rings is 1. The molecule has 4 nitrogen and oxygen atoms in total. The molecule has 15 heavy (non-hydrogen) atoms. The summed E-state index contributed by atoms with van der Waals surface area (Å²) in [4.78, 5) is 22.2. The van der Waals surface area contributed by atoms with Crippen molar-refractivity contribution < 1.29 is 19.1 Å². The molecule has 0 spiro atoms. The van der Waals surface area contributed by atoms with Crippen LogP contribution in [0.15, 0.2) is 24.3 Å². The molecule has 0 aromatic heterocycles. The fourth-order valence-corrected chi connectivity index (χ4v) is 1.58. The first-order chi connectivity index (χ1) is 7.18. The summed E-state index contributed by atoms with van der Waals surface area (Å²) < 4.78 is 9.95. The van der Waals surface area contributed by atoms with E-state index in [-0.39, 0.29) is 18.5 Å². The zero-order valence-electron chi connectivity index (χ0n) is 8.23. The predicted octanol–water partition coefficient (Wildman–Crippen LogP) is 1.46. The van der Waals surface area contributed by atoms with Gasteiger partial charge in [-0.05, 0) is 6.07 Å². The van der Waals surface area contributed by atoms with Crippen molar-refractivity contribution in [3.63, 3.8) is 0 Å². The Hall–Kier alpha value is -1.84. The molecule has 1 aliphatic heterocycles. The van der Waals surface area contributed by atoms with Gasteiger partial charge in [0.1, 0.15) is 6.61 Å². The van der Waals surface area contributed by atoms with E-state index in [2.05, 4.69) is 0 Å². The molecule has 0 fully saturated rings. The van der Waals surface area contributed by atoms with Crippen LogP contribution in [0, 0.1) is 0 Å². The normalized spacial score (nSPS) is 19.0. The Bertz CT molecular complexity index is 411. The Kier molecular flexibility index (Phi) is 2.41. The van der Waals surface area contributed by atoms with E-state index in [4.69, 9.17) is 9.47 Å². The maximum absolute atomic E-state index is 11.4. The van der Waals surface area contributed by atoms with Crippen LogP contribution in [0.3, 0.4) is 0 Å². The monoisotopic (exact) mass is 206 g/mol. The minimum atomic E-state index is -0.476. The van der Waals surface area contributed by atoms with Gasteiger partial charge in [0.05, 0.1) is 5.56 Å². The first-order valence-corrected chi connectivity index (χ1v) is 4.62. The summed E-state index contributed by atoms with van der Waals surface area (Å²) in [6, 6.07) is 6.97. The Labute approximate surface area is 86.8 Å². The van der Waals surface area contributed by atoms with E-state index in [1.54, 1.807) is 24.3 Å². The molecule has 1 aliphatic rings. The molecule has 0 saturated heterocycles. The number of carbonyl (C=O) groups excluding carboxylic acids is 2. The van der Waals surface area contributed by atoms with Crippen molar-refractivity contribution in [1.82, 2.24) is 0 Å². The highest BCUT2D eigenvalue weighted by atomic mass is 16.6. The Morgan fingerprint density at radius 1 is 1.47 bits per heavy atom. The van der Waals surface area contributed by atoms with Gasteiger partial charge in [-0.15, -0.1) is 0 Å². The SMILES string of the molecule is CC(=O)O[C@H]1COC(=O)c2ccccc21. The lowest BCUT2D eigenvalue weighted by Gasteiger charge is -2.24. The molecule has 1 atom stereocenters. The van der Waals surface area contributed by atoms with Gasteiger partial charge in [0.25, 0.3) is 0 Å². The van der Waals surface area contributed by atoms with Gasteiger partial charge in [-0.25, -0.2) is 4.79 Å². The van der Waals surface area contributed by atoms with Crippen molar-refractivity contribution in [2.24, 2.45) is 0 Å². The maximum Gasteiger partial charge on any atom is 0.338 e. The predicted molar refractivity (Wildman–Crippen MR) is 51.2 cm³/mol. The highest BCUT2D eigenvalue weighted by Gasteiger charge is 2.28. The molecule has 0 unspecified atom stereocenters. The highest BCUT2D eigenvalue weighted by molar-refractivity contribution is 5.92. The van der Waals surface area contributed by atoms with Crippen LogP contribution < -0.4 is 0 Å². The number of hydrogen-bond acceptors (Lipinski definition) is 4. The third-order valence-electron chi connectivity index (χ3n) is 2.20. The fourth-order valence-electron chi connectivity index (χ4n) is 1.58. The third kappa shape index (κ3) is 1.83. The minimum Gasteiger partial charge on any atom is -0.458 e. The molecule has 1 heterocycles. The zero-order valence-corrected chi connectivity index (χ0v) is 8.23. The molecule has 2 rings (SSSR count). The van der Waals surface area contributed by atoms with Crippen molar-refractivity contribution in [3.8, 4) is 0 Å². The van der Waals surface area contributed by atoms with E-state index in [0.717, 1.165) is 0 Å². The lowest BCUT2D eigenvalue weighted by molar-refractivity contribution is -0.149. The maximum atomic E-state index is 11.4. The van der Waals surface area contributed by atoms with Gasteiger partial charge in [-0.3, -0.25) is 4.79 Å². The van der Waals surface area contributed by atoms with Crippen molar-refractivity contribution in [3.05, 3.63) is 35.4 Å². The number of carbonyl (C=O) groups is 2. The van der Waals surface area contributed by atoms with Crippen LogP contribution >= 0.6 is 0 Å². The smallest absolute Gasteiger partial charge is 0.338 e. The highest BCUT2D eigenvalue weighted by Crippen LogP contribution is 2.27. The van der Waals surface area contributed by atoms with Crippen LogP contribution in [0.2, 0.25) is 0 Å². The fraction of sp³-hybridized carbons (Fsp3) is 0.273. The van der Waals surface area contributed by atoms with E-state index in [1.165, 1.54) is 6.92 Å². The van der Waals surface area contributed by atoms with Crippen LogP contribution in [0.5, 0.6) is 0 Å². The second kappa shape index (κ2) is 3.73. The van der Waals surface area contributed by atoms with Crippen LogP contribution in [0.1, 0.15) is 28.9 Å². The summed E-state index contributed by atoms with van der Waals surface area (Å²) in [5.74, 6) is -0.748. The first kappa shape index (κ1) is 9.71. The number of fused-ring (bicyclic) bond motifs is 1. The summed E-state index contributed by atoms with van der Waals surface area (Å²) in [7, 11) is 0. The van der Waals surface area contributed by atoms with E-state index in [9.17, 15) is 9.59 Å². The summed E-state index contributed by atoms with van der Waals surface area (Å²) in [5.41, 5.74) is 1.18. The molecule has 1 aromatic carbocycles. The lowest BCUT2D eigenvalue weighted by Crippen LogP contribution is -2.25. The van der Waals surface area contributed by atoms with Crippen molar-refractivity contribution in [2.75, 3.05) is 6.61 Å². The summed E-state index contributed by atoms with van der Waals surface area (Å²) in [6.45, 7) is 1.43. The number of esters is 2. The Morgan fingerprint density at radius 2 is 2.20 bits per heavy atom. The third-order valence-corrected chi connectivity index (χ3v) is 2.20. The second-order valence-electron chi connectivity index (χ2n) is 3.28. The van der Waals surface area contributed by atoms with Crippen molar-refractivity contribution in [1.29, 1.82) is 0 Å². The molecule has 0 radical (unpaired) electrons. The van der Waals surface area contributed by atoms with Gasteiger partial charge in [-0.2, -0.15) is 0 Å². The topological polar surface area (TPSA) is 52.6 Å². The Balaban J connectivity index is 2.36. The average Bonchev–Trinajstić information content (AvgIpc) is 2.22. The van der Waals surface area contributed by atoms with Crippen LogP contribution in [-0.4, -0.2) is 18.5 Å². The van der Waals surface area contributed by atoms with Gasteiger partial charge < -0.3 is 9.47 Å². The standard InChI is InChI=1S/C11H10O4/c1-7(12)15-10-6-14-11(13)9-5-3-2-4-8(9)10/h2-5,10H,6H2,1H3/t10-/m0/s1. The quantitative estimate of drug-likeness (QED) is 0.653. The molecule has 0 saturated carbocycles. The van der Waals surface area contributed by atoms with Gasteiger partial charge >= 0.3 is 11.9 Å². The van der Waals surface area contributed by atoms with Crippen molar-refractivity contribution >= 4 is 11.9 Å². The molecule has 0 aliphatic carbocycles.